The number of sulfonamides is 1. The van der Waals surface area contributed by atoms with Crippen LogP contribution in [0.5, 0.6) is 11.5 Å². The molecule has 0 spiro atoms. The second-order valence-corrected chi connectivity index (χ2v) is 8.39. The van der Waals surface area contributed by atoms with Gasteiger partial charge in [0.25, 0.3) is 5.69 Å². The lowest BCUT2D eigenvalue weighted by Crippen LogP contribution is -2.41. The molecular formula is C19H23N3O7S. The van der Waals surface area contributed by atoms with E-state index in [9.17, 15) is 23.3 Å². The third-order valence-corrected chi connectivity index (χ3v) is 5.44. The fourth-order valence-electron chi connectivity index (χ4n) is 2.75. The first kappa shape index (κ1) is 22.9. The van der Waals surface area contributed by atoms with Crippen LogP contribution in [0.25, 0.3) is 0 Å². The monoisotopic (exact) mass is 437 g/mol. The maximum atomic E-state index is 12.7. The van der Waals surface area contributed by atoms with Gasteiger partial charge < -0.3 is 14.4 Å². The largest absolute Gasteiger partial charge is 0.493 e. The highest BCUT2D eigenvalue weighted by molar-refractivity contribution is 7.92. The molecule has 0 fully saturated rings. The average molecular weight is 437 g/mol. The van der Waals surface area contributed by atoms with Gasteiger partial charge in [0.15, 0.2) is 11.5 Å². The summed E-state index contributed by atoms with van der Waals surface area (Å²) in [5.74, 6) is 0.566. The lowest BCUT2D eigenvalue weighted by molar-refractivity contribution is -0.384. The number of ether oxygens (including phenoxy) is 2. The van der Waals surface area contributed by atoms with Gasteiger partial charge >= 0.3 is 0 Å². The number of nitrogens with zero attached hydrogens (tertiary/aromatic N) is 3. The molecule has 0 aliphatic carbocycles. The van der Waals surface area contributed by atoms with Crippen LogP contribution in [0, 0.1) is 10.1 Å². The maximum Gasteiger partial charge on any atom is 0.271 e. The van der Waals surface area contributed by atoms with Crippen LogP contribution in [0.4, 0.5) is 11.4 Å². The number of hydrogen-bond acceptors (Lipinski definition) is 7. The van der Waals surface area contributed by atoms with E-state index in [0.717, 1.165) is 22.2 Å². The molecule has 10 nitrogen and oxygen atoms in total. The molecule has 30 heavy (non-hydrogen) atoms. The number of nitro benzene ring substituents is 1. The number of nitro groups is 1. The Hall–Kier alpha value is -3.34. The van der Waals surface area contributed by atoms with Gasteiger partial charge in [0, 0.05) is 25.7 Å². The van der Waals surface area contributed by atoms with Gasteiger partial charge in [-0.2, -0.15) is 0 Å². The first-order valence-electron chi connectivity index (χ1n) is 8.74. The Morgan fingerprint density at radius 2 is 1.77 bits per heavy atom. The van der Waals surface area contributed by atoms with E-state index in [0.29, 0.717) is 11.5 Å². The predicted molar refractivity (Wildman–Crippen MR) is 111 cm³/mol. The van der Waals surface area contributed by atoms with Gasteiger partial charge in [0.05, 0.1) is 31.1 Å². The van der Waals surface area contributed by atoms with Crippen LogP contribution < -0.4 is 13.8 Å². The summed E-state index contributed by atoms with van der Waals surface area (Å²) in [7, 11) is 0.694. The third kappa shape index (κ3) is 5.60. The molecule has 1 amide bonds. The number of anilines is 1. The number of likely N-dealkylation sites (N-methyl/N-ethyl adjacent to an activating group) is 1. The van der Waals surface area contributed by atoms with E-state index in [-0.39, 0.29) is 17.9 Å². The van der Waals surface area contributed by atoms with Crippen molar-refractivity contribution >= 4 is 27.3 Å². The second-order valence-electron chi connectivity index (χ2n) is 6.49. The molecule has 0 saturated heterocycles. The van der Waals surface area contributed by atoms with Gasteiger partial charge in [-0.3, -0.25) is 19.2 Å². The Bertz CT molecular complexity index is 1040. The lowest BCUT2D eigenvalue weighted by atomic mass is 10.2. The Morgan fingerprint density at radius 1 is 1.10 bits per heavy atom. The number of benzene rings is 2. The smallest absolute Gasteiger partial charge is 0.271 e. The van der Waals surface area contributed by atoms with Crippen molar-refractivity contribution in [3.8, 4) is 11.5 Å². The summed E-state index contributed by atoms with van der Waals surface area (Å²) in [6, 6.07) is 10.3. The zero-order valence-electron chi connectivity index (χ0n) is 17.1. The molecule has 0 aliphatic rings. The molecule has 2 aromatic rings. The summed E-state index contributed by atoms with van der Waals surface area (Å²) in [4.78, 5) is 24.4. The fraction of sp³-hybridized carbons (Fsp3) is 0.316. The maximum absolute atomic E-state index is 12.7. The second kappa shape index (κ2) is 9.44. The molecule has 0 N–H and O–H groups in total. The molecule has 0 radical (unpaired) electrons. The van der Waals surface area contributed by atoms with E-state index in [1.807, 2.05) is 0 Å². The van der Waals surface area contributed by atoms with Gasteiger partial charge in [-0.25, -0.2) is 8.42 Å². The Labute approximate surface area is 174 Å². The van der Waals surface area contributed by atoms with Gasteiger partial charge in [0.2, 0.25) is 15.9 Å². The molecule has 0 aromatic heterocycles. The first-order valence-corrected chi connectivity index (χ1v) is 10.6. The summed E-state index contributed by atoms with van der Waals surface area (Å²) in [5.41, 5.74) is 0.525. The van der Waals surface area contributed by atoms with Crippen LogP contribution in [0.1, 0.15) is 5.56 Å². The van der Waals surface area contributed by atoms with Crippen LogP contribution in [0.15, 0.2) is 42.5 Å². The highest BCUT2D eigenvalue weighted by Crippen LogP contribution is 2.28. The van der Waals surface area contributed by atoms with E-state index < -0.39 is 27.4 Å². The number of hydrogen-bond donors (Lipinski definition) is 0. The van der Waals surface area contributed by atoms with E-state index in [4.69, 9.17) is 9.47 Å². The molecule has 0 bridgehead atoms. The van der Waals surface area contributed by atoms with Gasteiger partial charge in [-0.05, 0) is 23.8 Å². The number of carbonyl (C=O) groups is 1. The van der Waals surface area contributed by atoms with Crippen molar-refractivity contribution in [2.75, 3.05) is 38.4 Å². The van der Waals surface area contributed by atoms with Crippen LogP contribution in [-0.2, 0) is 21.4 Å². The standard InChI is InChI=1S/C19H23N3O7S/c1-20(12-14-8-9-17(28-2)18(10-14)29-3)19(23)13-21(30(4,26)27)15-6-5-7-16(11-15)22(24)25/h5-11H,12-13H2,1-4H3. The van der Waals surface area contributed by atoms with Crippen molar-refractivity contribution < 1.29 is 27.6 Å². The topological polar surface area (TPSA) is 119 Å². The van der Waals surface area contributed by atoms with E-state index in [2.05, 4.69) is 0 Å². The number of methoxy groups -OCH3 is 2. The van der Waals surface area contributed by atoms with Crippen molar-refractivity contribution in [3.63, 3.8) is 0 Å². The molecule has 0 heterocycles. The van der Waals surface area contributed by atoms with Crippen LogP contribution in [0.3, 0.4) is 0 Å². The lowest BCUT2D eigenvalue weighted by Gasteiger charge is -2.25. The minimum absolute atomic E-state index is 0.0413. The number of non-ortho nitro benzene ring substituents is 1. The summed E-state index contributed by atoms with van der Waals surface area (Å²) >= 11 is 0. The summed E-state index contributed by atoms with van der Waals surface area (Å²) in [6.45, 7) is -0.296. The Kier molecular flexibility index (Phi) is 7.22. The highest BCUT2D eigenvalue weighted by Gasteiger charge is 2.24. The molecule has 162 valence electrons. The van der Waals surface area contributed by atoms with Crippen LogP contribution in [0.2, 0.25) is 0 Å². The quantitative estimate of drug-likeness (QED) is 0.435. The minimum Gasteiger partial charge on any atom is -0.493 e. The summed E-state index contributed by atoms with van der Waals surface area (Å²) in [5, 5.41) is 11.0. The van der Waals surface area contributed by atoms with Crippen LogP contribution in [-0.4, -0.2) is 58.2 Å². The third-order valence-electron chi connectivity index (χ3n) is 4.30. The molecule has 2 aromatic carbocycles. The first-order chi connectivity index (χ1) is 14.1. The summed E-state index contributed by atoms with van der Waals surface area (Å²) in [6.07, 6.45) is 0.938. The number of carbonyl (C=O) groups excluding carboxylic acids is 1. The predicted octanol–water partition coefficient (Wildman–Crippen LogP) is 2.04. The van der Waals surface area contributed by atoms with Gasteiger partial charge in [0.1, 0.15) is 6.54 Å². The van der Waals surface area contributed by atoms with Crippen molar-refractivity contribution in [3.05, 3.63) is 58.1 Å². The zero-order valence-corrected chi connectivity index (χ0v) is 17.9. The Morgan fingerprint density at radius 3 is 2.33 bits per heavy atom. The molecule has 0 unspecified atom stereocenters. The average Bonchev–Trinajstić information content (AvgIpc) is 2.70. The van der Waals surface area contributed by atoms with E-state index in [1.165, 1.54) is 44.4 Å². The molecule has 0 aliphatic heterocycles. The summed E-state index contributed by atoms with van der Waals surface area (Å²) < 4.78 is 35.7. The molecule has 11 heteroatoms. The molecule has 0 saturated carbocycles. The highest BCUT2D eigenvalue weighted by atomic mass is 32.2. The normalized spacial score (nSPS) is 10.9. The molecular weight excluding hydrogens is 414 g/mol. The van der Waals surface area contributed by atoms with Crippen molar-refractivity contribution in [1.29, 1.82) is 0 Å². The van der Waals surface area contributed by atoms with Gasteiger partial charge in [-0.15, -0.1) is 0 Å². The van der Waals surface area contributed by atoms with Crippen molar-refractivity contribution in [1.82, 2.24) is 4.90 Å². The fourth-order valence-corrected chi connectivity index (χ4v) is 3.59. The number of amides is 1. The van der Waals surface area contributed by atoms with E-state index >= 15 is 0 Å². The molecule has 2 rings (SSSR count). The Balaban J connectivity index is 2.22. The van der Waals surface area contributed by atoms with Crippen molar-refractivity contribution in [2.45, 2.75) is 6.54 Å². The SMILES string of the molecule is COc1ccc(CN(C)C(=O)CN(c2cccc([N+](=O)[O-])c2)S(C)(=O)=O)cc1OC. The zero-order chi connectivity index (χ0) is 22.5. The minimum atomic E-state index is -3.85. The van der Waals surface area contributed by atoms with Crippen LogP contribution >= 0.6 is 0 Å². The van der Waals surface area contributed by atoms with Gasteiger partial charge in [-0.1, -0.05) is 12.1 Å². The van der Waals surface area contributed by atoms with Crippen molar-refractivity contribution in [2.24, 2.45) is 0 Å². The van der Waals surface area contributed by atoms with E-state index in [1.54, 1.807) is 18.2 Å². The molecule has 0 atom stereocenters. The number of rotatable bonds is 9.